The molecule has 1 heterocycles. The van der Waals surface area contributed by atoms with Crippen LogP contribution < -0.4 is 15.4 Å². The highest BCUT2D eigenvalue weighted by molar-refractivity contribution is 5.95. The van der Waals surface area contributed by atoms with Crippen LogP contribution in [0.2, 0.25) is 0 Å². The molecule has 0 spiro atoms. The summed E-state index contributed by atoms with van der Waals surface area (Å²) in [6, 6.07) is 13.8. The van der Waals surface area contributed by atoms with Crippen LogP contribution in [0.15, 0.2) is 65.9 Å². The Morgan fingerprint density at radius 3 is 2.52 bits per heavy atom. The van der Waals surface area contributed by atoms with Gasteiger partial charge in [0, 0.05) is 0 Å². The summed E-state index contributed by atoms with van der Waals surface area (Å²) in [5.74, 6) is -1.08. The second kappa shape index (κ2) is 8.35. The second-order valence-corrected chi connectivity index (χ2v) is 5.77. The number of urea groups is 1. The van der Waals surface area contributed by atoms with Gasteiger partial charge in [-0.25, -0.2) is 14.0 Å². The van der Waals surface area contributed by atoms with Crippen molar-refractivity contribution in [3.63, 3.8) is 0 Å². The van der Waals surface area contributed by atoms with E-state index in [1.807, 2.05) is 18.2 Å². The summed E-state index contributed by atoms with van der Waals surface area (Å²) in [5.41, 5.74) is 1.17. The molecule has 7 heteroatoms. The Labute approximate surface area is 156 Å². The summed E-state index contributed by atoms with van der Waals surface area (Å²) < 4.78 is 24.4. The van der Waals surface area contributed by atoms with E-state index in [0.29, 0.717) is 0 Å². The summed E-state index contributed by atoms with van der Waals surface area (Å²) in [4.78, 5) is 24.7. The lowest BCUT2D eigenvalue weighted by molar-refractivity contribution is -0.139. The summed E-state index contributed by atoms with van der Waals surface area (Å²) in [7, 11) is 0. The third kappa shape index (κ3) is 4.25. The SMILES string of the molecule is CCOC(=O)C1=C(COc2ccccc2F)NC(=O)NC1c1ccccc1. The number of hydrogen-bond acceptors (Lipinski definition) is 4. The maximum atomic E-state index is 13.8. The molecule has 2 aromatic rings. The van der Waals surface area contributed by atoms with Crippen molar-refractivity contribution < 1.29 is 23.5 Å². The first-order valence-electron chi connectivity index (χ1n) is 8.50. The fourth-order valence-electron chi connectivity index (χ4n) is 2.79. The Morgan fingerprint density at radius 1 is 1.11 bits per heavy atom. The van der Waals surface area contributed by atoms with Gasteiger partial charge < -0.3 is 20.1 Å². The monoisotopic (exact) mass is 370 g/mol. The molecule has 0 aliphatic carbocycles. The number of carbonyl (C=O) groups is 2. The highest BCUT2D eigenvalue weighted by atomic mass is 19.1. The molecule has 0 saturated carbocycles. The fraction of sp³-hybridized carbons (Fsp3) is 0.200. The van der Waals surface area contributed by atoms with Gasteiger partial charge in [-0.05, 0) is 24.6 Å². The number of benzene rings is 2. The molecule has 3 rings (SSSR count). The molecule has 0 saturated heterocycles. The lowest BCUT2D eigenvalue weighted by Gasteiger charge is -2.29. The molecule has 0 bridgehead atoms. The van der Waals surface area contributed by atoms with Gasteiger partial charge in [0.2, 0.25) is 0 Å². The van der Waals surface area contributed by atoms with Crippen LogP contribution >= 0.6 is 0 Å². The third-order valence-corrected chi connectivity index (χ3v) is 3.99. The molecule has 2 aromatic carbocycles. The minimum atomic E-state index is -0.696. The largest absolute Gasteiger partial charge is 0.484 e. The van der Waals surface area contributed by atoms with Gasteiger partial charge >= 0.3 is 12.0 Å². The number of halogens is 1. The van der Waals surface area contributed by atoms with Gasteiger partial charge in [-0.3, -0.25) is 0 Å². The molecule has 27 heavy (non-hydrogen) atoms. The Hall–Kier alpha value is -3.35. The molecule has 2 amide bonds. The molecule has 2 N–H and O–H groups in total. The molecule has 140 valence electrons. The number of esters is 1. The number of carbonyl (C=O) groups excluding carboxylic acids is 2. The summed E-state index contributed by atoms with van der Waals surface area (Å²) >= 11 is 0. The lowest BCUT2D eigenvalue weighted by atomic mass is 9.95. The predicted octanol–water partition coefficient (Wildman–Crippen LogP) is 3.08. The van der Waals surface area contributed by atoms with Crippen molar-refractivity contribution in [2.45, 2.75) is 13.0 Å². The molecular formula is C20H19FN2O4. The van der Waals surface area contributed by atoms with Crippen molar-refractivity contribution in [3.8, 4) is 5.75 Å². The number of rotatable bonds is 6. The first kappa shape index (κ1) is 18.4. The minimum Gasteiger partial charge on any atom is -0.484 e. The Kier molecular flexibility index (Phi) is 5.71. The topological polar surface area (TPSA) is 76.7 Å². The van der Waals surface area contributed by atoms with Crippen molar-refractivity contribution in [1.82, 2.24) is 10.6 Å². The zero-order chi connectivity index (χ0) is 19.2. The molecule has 6 nitrogen and oxygen atoms in total. The highest BCUT2D eigenvalue weighted by Gasteiger charge is 2.33. The average Bonchev–Trinajstić information content (AvgIpc) is 2.67. The van der Waals surface area contributed by atoms with E-state index < -0.39 is 23.9 Å². The second-order valence-electron chi connectivity index (χ2n) is 5.77. The number of nitrogens with one attached hydrogen (secondary N) is 2. The number of hydrogen-bond donors (Lipinski definition) is 2. The van der Waals surface area contributed by atoms with E-state index in [1.54, 1.807) is 31.2 Å². The van der Waals surface area contributed by atoms with Crippen LogP contribution in [0.1, 0.15) is 18.5 Å². The standard InChI is InChI=1S/C20H19FN2O4/c1-2-26-19(24)17-15(12-27-16-11-7-6-10-14(16)21)22-20(25)23-18(17)13-8-4-3-5-9-13/h3-11,18H,2,12H2,1H3,(H2,22,23,25). The maximum Gasteiger partial charge on any atom is 0.338 e. The summed E-state index contributed by atoms with van der Waals surface area (Å²) in [5, 5.41) is 5.30. The van der Waals surface area contributed by atoms with E-state index in [0.717, 1.165) is 5.56 Å². The van der Waals surface area contributed by atoms with Crippen LogP contribution in [-0.4, -0.2) is 25.2 Å². The van der Waals surface area contributed by atoms with Crippen LogP contribution in [0, 0.1) is 5.82 Å². The van der Waals surface area contributed by atoms with E-state index in [-0.39, 0.29) is 30.2 Å². The molecule has 0 fully saturated rings. The molecular weight excluding hydrogens is 351 g/mol. The average molecular weight is 370 g/mol. The van der Waals surface area contributed by atoms with Gasteiger partial charge in [0.05, 0.1) is 23.9 Å². The number of para-hydroxylation sites is 1. The molecule has 0 radical (unpaired) electrons. The smallest absolute Gasteiger partial charge is 0.338 e. The fourth-order valence-corrected chi connectivity index (χ4v) is 2.79. The zero-order valence-electron chi connectivity index (χ0n) is 14.7. The van der Waals surface area contributed by atoms with E-state index in [9.17, 15) is 14.0 Å². The molecule has 1 atom stereocenters. The van der Waals surface area contributed by atoms with E-state index in [4.69, 9.17) is 9.47 Å². The van der Waals surface area contributed by atoms with Gasteiger partial charge in [-0.2, -0.15) is 0 Å². The van der Waals surface area contributed by atoms with E-state index in [1.165, 1.54) is 12.1 Å². The van der Waals surface area contributed by atoms with Crippen molar-refractivity contribution in [1.29, 1.82) is 0 Å². The Bertz CT molecular complexity index is 867. The lowest BCUT2D eigenvalue weighted by Crippen LogP contribution is -2.47. The Morgan fingerprint density at radius 2 is 1.81 bits per heavy atom. The van der Waals surface area contributed by atoms with Gasteiger partial charge in [0.15, 0.2) is 11.6 Å². The first-order valence-corrected chi connectivity index (χ1v) is 8.50. The van der Waals surface area contributed by atoms with Crippen molar-refractivity contribution in [2.24, 2.45) is 0 Å². The van der Waals surface area contributed by atoms with Gasteiger partial charge in [-0.1, -0.05) is 42.5 Å². The van der Waals surface area contributed by atoms with E-state index in [2.05, 4.69) is 10.6 Å². The number of amides is 2. The van der Waals surface area contributed by atoms with Crippen molar-refractivity contribution in [3.05, 3.63) is 77.2 Å². The summed E-state index contributed by atoms with van der Waals surface area (Å²) in [6.07, 6.45) is 0. The third-order valence-electron chi connectivity index (χ3n) is 3.99. The normalized spacial score (nSPS) is 16.4. The number of ether oxygens (including phenoxy) is 2. The van der Waals surface area contributed by atoms with Crippen LogP contribution in [-0.2, 0) is 9.53 Å². The highest BCUT2D eigenvalue weighted by Crippen LogP contribution is 2.28. The van der Waals surface area contributed by atoms with Crippen molar-refractivity contribution >= 4 is 12.0 Å². The van der Waals surface area contributed by atoms with Crippen LogP contribution in [0.25, 0.3) is 0 Å². The van der Waals surface area contributed by atoms with Crippen LogP contribution in [0.4, 0.5) is 9.18 Å². The van der Waals surface area contributed by atoms with Crippen LogP contribution in [0.5, 0.6) is 5.75 Å². The molecule has 1 aliphatic heterocycles. The maximum absolute atomic E-state index is 13.8. The minimum absolute atomic E-state index is 0.0252. The molecule has 1 unspecified atom stereocenters. The van der Waals surface area contributed by atoms with Crippen LogP contribution in [0.3, 0.4) is 0 Å². The summed E-state index contributed by atoms with van der Waals surface area (Å²) in [6.45, 7) is 1.69. The van der Waals surface area contributed by atoms with Gasteiger partial charge in [0.25, 0.3) is 0 Å². The molecule has 0 aromatic heterocycles. The predicted molar refractivity (Wildman–Crippen MR) is 96.4 cm³/mol. The molecule has 1 aliphatic rings. The quantitative estimate of drug-likeness (QED) is 0.766. The Balaban J connectivity index is 1.96. The first-order chi connectivity index (χ1) is 13.1. The van der Waals surface area contributed by atoms with Crippen molar-refractivity contribution in [2.75, 3.05) is 13.2 Å². The van der Waals surface area contributed by atoms with Gasteiger partial charge in [0.1, 0.15) is 6.61 Å². The van der Waals surface area contributed by atoms with E-state index >= 15 is 0 Å². The van der Waals surface area contributed by atoms with Gasteiger partial charge in [-0.15, -0.1) is 0 Å². The zero-order valence-corrected chi connectivity index (χ0v) is 14.7.